The Labute approximate surface area is 216 Å². The third kappa shape index (κ3) is 6.86. The number of hydrogen-bond donors (Lipinski definition) is 3. The van der Waals surface area contributed by atoms with Crippen molar-refractivity contribution < 1.29 is 14.3 Å². The van der Waals surface area contributed by atoms with Gasteiger partial charge in [0, 0.05) is 35.1 Å². The Morgan fingerprint density at radius 3 is 2.22 bits per heavy atom. The van der Waals surface area contributed by atoms with Crippen molar-refractivity contribution in [3.63, 3.8) is 0 Å². The normalized spacial score (nSPS) is 10.8. The fourth-order valence-corrected chi connectivity index (χ4v) is 3.85. The molecule has 0 fully saturated rings. The number of anilines is 4. The number of nitrogens with zero attached hydrogens (tertiary/aromatic N) is 3. The van der Waals surface area contributed by atoms with Gasteiger partial charge in [0.05, 0.1) is 12.6 Å². The van der Waals surface area contributed by atoms with Crippen LogP contribution >= 0.6 is 0 Å². The predicted octanol–water partition coefficient (Wildman–Crippen LogP) is 5.75. The van der Waals surface area contributed by atoms with Crippen molar-refractivity contribution in [3.05, 3.63) is 73.1 Å². The molecular formula is C28H32N6O3. The third-order valence-corrected chi connectivity index (χ3v) is 5.92. The first kappa shape index (κ1) is 25.7. The smallest absolute Gasteiger partial charge is 0.323 e. The van der Waals surface area contributed by atoms with Gasteiger partial charge in [-0.15, -0.1) is 0 Å². The van der Waals surface area contributed by atoms with Gasteiger partial charge in [0.1, 0.15) is 18.8 Å². The number of nitrogens with one attached hydrogen (secondary N) is 3. The van der Waals surface area contributed by atoms with Gasteiger partial charge in [0.15, 0.2) is 11.5 Å². The van der Waals surface area contributed by atoms with Gasteiger partial charge in [-0.2, -0.15) is 0 Å². The maximum absolute atomic E-state index is 12.3. The second kappa shape index (κ2) is 12.5. The van der Waals surface area contributed by atoms with Crippen LogP contribution in [0.3, 0.4) is 0 Å². The standard InChI is InChI=1S/C28H32N6O3/c1-4-34(5-2)15-16-37-26-17-23-24(18-25(26)36-3)29-19-30-27(23)31-21-11-13-22(14-12-21)33-28(35)32-20-9-7-6-8-10-20/h6-14,17-19H,4-5,15-16H2,1-3H3,(H,29,30,31)(H2,32,33,35). The number of urea groups is 1. The molecule has 2 amide bonds. The Kier molecular flexibility index (Phi) is 8.72. The molecule has 9 nitrogen and oxygen atoms in total. The first-order valence-corrected chi connectivity index (χ1v) is 12.3. The molecule has 0 saturated carbocycles. The molecule has 1 heterocycles. The monoisotopic (exact) mass is 500 g/mol. The molecule has 0 atom stereocenters. The molecule has 0 aliphatic carbocycles. The number of rotatable bonds is 11. The highest BCUT2D eigenvalue weighted by molar-refractivity contribution is 6.00. The van der Waals surface area contributed by atoms with Crippen molar-refractivity contribution in [2.75, 3.05) is 49.3 Å². The van der Waals surface area contributed by atoms with Crippen molar-refractivity contribution in [1.29, 1.82) is 0 Å². The minimum absolute atomic E-state index is 0.309. The molecule has 192 valence electrons. The number of hydrogen-bond acceptors (Lipinski definition) is 7. The van der Waals surface area contributed by atoms with Crippen molar-refractivity contribution in [1.82, 2.24) is 14.9 Å². The molecule has 3 N–H and O–H groups in total. The molecule has 0 radical (unpaired) electrons. The molecule has 9 heteroatoms. The Balaban J connectivity index is 1.46. The third-order valence-electron chi connectivity index (χ3n) is 5.92. The zero-order valence-electron chi connectivity index (χ0n) is 21.3. The van der Waals surface area contributed by atoms with Crippen LogP contribution in [0.1, 0.15) is 13.8 Å². The maximum Gasteiger partial charge on any atom is 0.323 e. The number of benzene rings is 3. The van der Waals surface area contributed by atoms with E-state index in [-0.39, 0.29) is 6.03 Å². The summed E-state index contributed by atoms with van der Waals surface area (Å²) in [6.07, 6.45) is 1.51. The number of likely N-dealkylation sites (N-methyl/N-ethyl adjacent to an activating group) is 1. The second-order valence-electron chi connectivity index (χ2n) is 8.27. The summed E-state index contributed by atoms with van der Waals surface area (Å²) in [5.41, 5.74) is 2.94. The number of amides is 2. The summed E-state index contributed by atoms with van der Waals surface area (Å²) in [6, 6.07) is 20.1. The fraction of sp³-hybridized carbons (Fsp3) is 0.250. The number of methoxy groups -OCH3 is 1. The topological polar surface area (TPSA) is 101 Å². The molecule has 0 spiro atoms. The van der Waals surface area contributed by atoms with Crippen LogP contribution in [0.5, 0.6) is 11.5 Å². The Bertz CT molecular complexity index is 1310. The molecule has 0 aliphatic heterocycles. The van der Waals surface area contributed by atoms with Crippen LogP contribution in [0, 0.1) is 0 Å². The lowest BCUT2D eigenvalue weighted by Crippen LogP contribution is -2.27. The number of ether oxygens (including phenoxy) is 2. The van der Waals surface area contributed by atoms with Gasteiger partial charge in [-0.1, -0.05) is 32.0 Å². The van der Waals surface area contributed by atoms with Crippen LogP contribution in [0.2, 0.25) is 0 Å². The van der Waals surface area contributed by atoms with Crippen molar-refractivity contribution >= 4 is 39.8 Å². The van der Waals surface area contributed by atoms with E-state index in [0.29, 0.717) is 29.6 Å². The van der Waals surface area contributed by atoms with Crippen molar-refractivity contribution in [2.45, 2.75) is 13.8 Å². The fourth-order valence-electron chi connectivity index (χ4n) is 3.85. The molecule has 1 aromatic heterocycles. The summed E-state index contributed by atoms with van der Waals surface area (Å²) in [4.78, 5) is 23.4. The van der Waals surface area contributed by atoms with E-state index in [1.807, 2.05) is 66.7 Å². The summed E-state index contributed by atoms with van der Waals surface area (Å²) < 4.78 is 11.6. The molecule has 4 aromatic rings. The van der Waals surface area contributed by atoms with Crippen LogP contribution in [0.15, 0.2) is 73.1 Å². The van der Waals surface area contributed by atoms with Gasteiger partial charge < -0.3 is 30.3 Å². The zero-order valence-corrected chi connectivity index (χ0v) is 21.3. The predicted molar refractivity (Wildman–Crippen MR) is 148 cm³/mol. The summed E-state index contributed by atoms with van der Waals surface area (Å²) in [5, 5.41) is 9.78. The van der Waals surface area contributed by atoms with Gasteiger partial charge in [-0.05, 0) is 55.6 Å². The van der Waals surface area contributed by atoms with Crippen LogP contribution in [-0.2, 0) is 0 Å². The molecule has 37 heavy (non-hydrogen) atoms. The first-order chi connectivity index (χ1) is 18.1. The van der Waals surface area contributed by atoms with Crippen molar-refractivity contribution in [2.24, 2.45) is 0 Å². The molecule has 0 bridgehead atoms. The molecule has 0 aliphatic rings. The zero-order chi connectivity index (χ0) is 26.0. The number of fused-ring (bicyclic) bond motifs is 1. The van der Waals surface area contributed by atoms with E-state index in [1.54, 1.807) is 7.11 Å². The van der Waals surface area contributed by atoms with Gasteiger partial charge in [0.2, 0.25) is 0 Å². The Morgan fingerprint density at radius 1 is 0.865 bits per heavy atom. The summed E-state index contributed by atoms with van der Waals surface area (Å²) >= 11 is 0. The molecule has 0 unspecified atom stereocenters. The largest absolute Gasteiger partial charge is 0.493 e. The average molecular weight is 501 g/mol. The quantitative estimate of drug-likeness (QED) is 0.241. The van der Waals surface area contributed by atoms with Gasteiger partial charge in [0.25, 0.3) is 0 Å². The highest BCUT2D eigenvalue weighted by atomic mass is 16.5. The second-order valence-corrected chi connectivity index (χ2v) is 8.27. The Morgan fingerprint density at radius 2 is 1.54 bits per heavy atom. The molecule has 0 saturated heterocycles. The minimum Gasteiger partial charge on any atom is -0.493 e. The van der Waals surface area contributed by atoms with E-state index < -0.39 is 0 Å². The average Bonchev–Trinajstić information content (AvgIpc) is 2.92. The lowest BCUT2D eigenvalue weighted by Gasteiger charge is -2.19. The minimum atomic E-state index is -0.309. The number of carbonyl (C=O) groups is 1. The lowest BCUT2D eigenvalue weighted by atomic mass is 10.2. The van der Waals surface area contributed by atoms with E-state index in [0.717, 1.165) is 41.9 Å². The summed E-state index contributed by atoms with van der Waals surface area (Å²) in [5.74, 6) is 1.91. The first-order valence-electron chi connectivity index (χ1n) is 12.3. The highest BCUT2D eigenvalue weighted by Crippen LogP contribution is 2.34. The summed E-state index contributed by atoms with van der Waals surface area (Å²) in [7, 11) is 1.62. The van der Waals surface area contributed by atoms with Crippen molar-refractivity contribution in [3.8, 4) is 11.5 Å². The van der Waals surface area contributed by atoms with E-state index >= 15 is 0 Å². The van der Waals surface area contributed by atoms with E-state index in [2.05, 4.69) is 44.7 Å². The summed E-state index contributed by atoms with van der Waals surface area (Å²) in [6.45, 7) is 7.60. The van der Waals surface area contributed by atoms with Crippen LogP contribution in [-0.4, -0.2) is 54.2 Å². The highest BCUT2D eigenvalue weighted by Gasteiger charge is 2.13. The van der Waals surface area contributed by atoms with E-state index in [4.69, 9.17) is 9.47 Å². The number of aromatic nitrogens is 2. The van der Waals surface area contributed by atoms with E-state index in [1.165, 1.54) is 6.33 Å². The number of para-hydroxylation sites is 1. The van der Waals surface area contributed by atoms with E-state index in [9.17, 15) is 4.79 Å². The molecule has 3 aromatic carbocycles. The molecular weight excluding hydrogens is 468 g/mol. The SMILES string of the molecule is CCN(CC)CCOc1cc2c(Nc3ccc(NC(=O)Nc4ccccc4)cc3)ncnc2cc1OC. The van der Waals surface area contributed by atoms with Gasteiger partial charge in [-0.25, -0.2) is 14.8 Å². The van der Waals surface area contributed by atoms with Gasteiger partial charge in [-0.3, -0.25) is 0 Å². The Hall–Kier alpha value is -4.37. The van der Waals surface area contributed by atoms with Gasteiger partial charge >= 0.3 is 6.03 Å². The van der Waals surface area contributed by atoms with Crippen LogP contribution in [0.4, 0.5) is 27.7 Å². The number of carbonyl (C=O) groups excluding carboxylic acids is 1. The maximum atomic E-state index is 12.3. The van der Waals surface area contributed by atoms with Crippen LogP contribution < -0.4 is 25.4 Å². The lowest BCUT2D eigenvalue weighted by molar-refractivity contribution is 0.217. The van der Waals surface area contributed by atoms with Crippen LogP contribution in [0.25, 0.3) is 10.9 Å². The molecule has 4 rings (SSSR count).